The van der Waals surface area contributed by atoms with Crippen LogP contribution in [0.25, 0.3) is 0 Å². The molecule has 2 rings (SSSR count). The quantitative estimate of drug-likeness (QED) is 0.757. The third kappa shape index (κ3) is 2.78. The summed E-state index contributed by atoms with van der Waals surface area (Å²) >= 11 is 0. The van der Waals surface area contributed by atoms with Crippen LogP contribution in [-0.4, -0.2) is 15.3 Å². The van der Waals surface area contributed by atoms with E-state index in [4.69, 9.17) is 0 Å². The van der Waals surface area contributed by atoms with Crippen LogP contribution in [-0.2, 0) is 11.3 Å². The van der Waals surface area contributed by atoms with Crippen molar-refractivity contribution in [1.82, 2.24) is 9.55 Å². The Morgan fingerprint density at radius 2 is 2.33 bits per heavy atom. The predicted octanol–water partition coefficient (Wildman–Crippen LogP) is 2.34. The molecule has 0 atom stereocenters. The first kappa shape index (κ1) is 10.1. The monoisotopic (exact) mass is 204 g/mol. The van der Waals surface area contributed by atoms with E-state index in [-0.39, 0.29) is 5.78 Å². The molecule has 0 amide bonds. The Morgan fingerprint density at radius 1 is 1.40 bits per heavy atom. The van der Waals surface area contributed by atoms with Crippen molar-refractivity contribution in [2.75, 3.05) is 0 Å². The largest absolute Gasteiger partial charge is 0.330 e. The van der Waals surface area contributed by atoms with Gasteiger partial charge in [-0.1, -0.05) is 12.5 Å². The minimum Gasteiger partial charge on any atom is -0.330 e. The number of carbonyl (C=O) groups is 1. The molecule has 0 saturated carbocycles. The molecule has 0 spiro atoms. The van der Waals surface area contributed by atoms with E-state index in [0.717, 1.165) is 24.8 Å². The lowest BCUT2D eigenvalue weighted by atomic mass is 10.1. The second-order valence-electron chi connectivity index (χ2n) is 3.99. The second-order valence-corrected chi connectivity index (χ2v) is 3.99. The summed E-state index contributed by atoms with van der Waals surface area (Å²) in [6, 6.07) is 0. The number of rotatable bonds is 3. The highest BCUT2D eigenvalue weighted by molar-refractivity contribution is 5.95. The summed E-state index contributed by atoms with van der Waals surface area (Å²) in [5.41, 5.74) is 1.01. The van der Waals surface area contributed by atoms with Crippen molar-refractivity contribution < 1.29 is 4.79 Å². The molecule has 0 aromatic carbocycles. The van der Waals surface area contributed by atoms with Crippen molar-refractivity contribution in [3.63, 3.8) is 0 Å². The van der Waals surface area contributed by atoms with Crippen molar-refractivity contribution in [1.29, 1.82) is 0 Å². The lowest BCUT2D eigenvalue weighted by Crippen LogP contribution is -2.11. The topological polar surface area (TPSA) is 34.9 Å². The zero-order chi connectivity index (χ0) is 10.5. The Kier molecular flexibility index (Phi) is 3.33. The summed E-state index contributed by atoms with van der Waals surface area (Å²) in [6.45, 7) is 0.436. The minimum atomic E-state index is 0.245. The molecule has 80 valence electrons. The Hall–Kier alpha value is -1.38. The molecule has 0 aliphatic heterocycles. The molecule has 1 aliphatic carbocycles. The van der Waals surface area contributed by atoms with E-state index in [0.29, 0.717) is 6.54 Å². The van der Waals surface area contributed by atoms with Crippen LogP contribution in [0.5, 0.6) is 0 Å². The summed E-state index contributed by atoms with van der Waals surface area (Å²) in [7, 11) is 0. The molecule has 3 nitrogen and oxygen atoms in total. The summed E-state index contributed by atoms with van der Waals surface area (Å²) in [5.74, 6) is 0.245. The normalized spacial score (nSPS) is 16.9. The standard InChI is InChI=1S/C12H16N2O/c15-12(9-14-8-7-13-10-14)11-5-3-1-2-4-6-11/h5,7-8,10H,1-4,6,9H2. The molecule has 0 bridgehead atoms. The van der Waals surface area contributed by atoms with Gasteiger partial charge in [-0.25, -0.2) is 4.98 Å². The number of ketones is 1. The summed E-state index contributed by atoms with van der Waals surface area (Å²) in [6.07, 6.45) is 13.0. The predicted molar refractivity (Wildman–Crippen MR) is 58.4 cm³/mol. The molecule has 0 unspecified atom stereocenters. The van der Waals surface area contributed by atoms with Crippen LogP contribution in [0.15, 0.2) is 30.4 Å². The molecule has 1 aliphatic rings. The Bertz CT molecular complexity index is 352. The first-order valence-electron chi connectivity index (χ1n) is 5.54. The third-order valence-corrected chi connectivity index (χ3v) is 2.78. The Morgan fingerprint density at radius 3 is 3.13 bits per heavy atom. The van der Waals surface area contributed by atoms with E-state index in [1.54, 1.807) is 12.5 Å². The fourth-order valence-corrected chi connectivity index (χ4v) is 1.92. The van der Waals surface area contributed by atoms with Crippen LogP contribution >= 0.6 is 0 Å². The summed E-state index contributed by atoms with van der Waals surface area (Å²) < 4.78 is 1.83. The van der Waals surface area contributed by atoms with Gasteiger partial charge in [0.05, 0.1) is 12.9 Å². The molecule has 1 aromatic heterocycles. The van der Waals surface area contributed by atoms with E-state index in [1.807, 2.05) is 10.8 Å². The molecule has 3 heteroatoms. The van der Waals surface area contributed by atoms with Gasteiger partial charge in [-0.05, 0) is 31.3 Å². The molecule has 15 heavy (non-hydrogen) atoms. The second kappa shape index (κ2) is 4.91. The molecule has 0 fully saturated rings. The molecule has 1 aromatic rings. The van der Waals surface area contributed by atoms with E-state index >= 15 is 0 Å². The maximum atomic E-state index is 11.9. The van der Waals surface area contributed by atoms with Crippen molar-refractivity contribution in [2.45, 2.75) is 38.6 Å². The molecule has 1 heterocycles. The number of nitrogens with zero attached hydrogens (tertiary/aromatic N) is 2. The molecule has 0 saturated heterocycles. The van der Waals surface area contributed by atoms with Gasteiger partial charge in [0.15, 0.2) is 5.78 Å². The number of hydrogen-bond donors (Lipinski definition) is 0. The van der Waals surface area contributed by atoms with Gasteiger partial charge in [-0.15, -0.1) is 0 Å². The number of hydrogen-bond acceptors (Lipinski definition) is 2. The third-order valence-electron chi connectivity index (χ3n) is 2.78. The van der Waals surface area contributed by atoms with Gasteiger partial charge in [0.1, 0.15) is 0 Å². The highest BCUT2D eigenvalue weighted by Crippen LogP contribution is 2.18. The van der Waals surface area contributed by atoms with Crippen LogP contribution in [0.4, 0.5) is 0 Å². The fraction of sp³-hybridized carbons (Fsp3) is 0.500. The van der Waals surface area contributed by atoms with Gasteiger partial charge < -0.3 is 4.57 Å². The number of carbonyl (C=O) groups excluding carboxylic acids is 1. The average molecular weight is 204 g/mol. The Balaban J connectivity index is 1.98. The van der Waals surface area contributed by atoms with Crippen LogP contribution in [0, 0.1) is 0 Å². The van der Waals surface area contributed by atoms with Gasteiger partial charge in [0, 0.05) is 12.4 Å². The number of imidazole rings is 1. The highest BCUT2D eigenvalue weighted by Gasteiger charge is 2.11. The van der Waals surface area contributed by atoms with Crippen molar-refractivity contribution >= 4 is 5.78 Å². The number of allylic oxidation sites excluding steroid dienone is 2. The van der Waals surface area contributed by atoms with Gasteiger partial charge in [-0.3, -0.25) is 4.79 Å². The van der Waals surface area contributed by atoms with E-state index < -0.39 is 0 Å². The summed E-state index contributed by atoms with van der Waals surface area (Å²) in [4.78, 5) is 15.8. The molecular weight excluding hydrogens is 188 g/mol. The van der Waals surface area contributed by atoms with Gasteiger partial charge in [0.25, 0.3) is 0 Å². The lowest BCUT2D eigenvalue weighted by molar-refractivity contribution is -0.116. The van der Waals surface area contributed by atoms with Gasteiger partial charge in [0.2, 0.25) is 0 Å². The van der Waals surface area contributed by atoms with Gasteiger partial charge in [-0.2, -0.15) is 0 Å². The highest BCUT2D eigenvalue weighted by atomic mass is 16.1. The van der Waals surface area contributed by atoms with Crippen molar-refractivity contribution in [2.24, 2.45) is 0 Å². The summed E-state index contributed by atoms with van der Waals surface area (Å²) in [5, 5.41) is 0. The fourth-order valence-electron chi connectivity index (χ4n) is 1.92. The van der Waals surface area contributed by atoms with Crippen LogP contribution in [0.3, 0.4) is 0 Å². The minimum absolute atomic E-state index is 0.245. The van der Waals surface area contributed by atoms with E-state index in [2.05, 4.69) is 11.1 Å². The molecule has 0 N–H and O–H groups in total. The maximum absolute atomic E-state index is 11.9. The lowest BCUT2D eigenvalue weighted by Gasteiger charge is -2.04. The van der Waals surface area contributed by atoms with Crippen LogP contribution in [0.2, 0.25) is 0 Å². The van der Waals surface area contributed by atoms with E-state index in [1.165, 1.54) is 12.8 Å². The number of Topliss-reactive ketones (excluding diaryl/α,β-unsaturated/α-hetero) is 1. The SMILES string of the molecule is O=C(Cn1ccnc1)C1=CCCCCC1. The Labute approximate surface area is 89.8 Å². The zero-order valence-electron chi connectivity index (χ0n) is 8.85. The van der Waals surface area contributed by atoms with Gasteiger partial charge >= 0.3 is 0 Å². The first-order valence-corrected chi connectivity index (χ1v) is 5.54. The molecule has 0 radical (unpaired) electrons. The maximum Gasteiger partial charge on any atom is 0.178 e. The smallest absolute Gasteiger partial charge is 0.178 e. The first-order chi connectivity index (χ1) is 7.36. The van der Waals surface area contributed by atoms with Crippen LogP contribution < -0.4 is 0 Å². The van der Waals surface area contributed by atoms with Crippen molar-refractivity contribution in [3.8, 4) is 0 Å². The van der Waals surface area contributed by atoms with E-state index in [9.17, 15) is 4.79 Å². The zero-order valence-corrected chi connectivity index (χ0v) is 8.85. The number of aromatic nitrogens is 2. The van der Waals surface area contributed by atoms with Crippen molar-refractivity contribution in [3.05, 3.63) is 30.4 Å². The van der Waals surface area contributed by atoms with Crippen LogP contribution in [0.1, 0.15) is 32.1 Å². The molecular formula is C12H16N2O. The average Bonchev–Trinajstić information content (AvgIpc) is 2.58.